The summed E-state index contributed by atoms with van der Waals surface area (Å²) in [5.74, 6) is -0.428. The molecule has 8 nitrogen and oxygen atoms in total. The van der Waals surface area contributed by atoms with Crippen molar-refractivity contribution in [1.29, 1.82) is 0 Å². The number of ether oxygens (including phenoxy) is 3. The molecule has 0 bridgehead atoms. The van der Waals surface area contributed by atoms with Crippen molar-refractivity contribution in [2.24, 2.45) is 0 Å². The maximum atomic E-state index is 13.6. The highest BCUT2D eigenvalue weighted by Gasteiger charge is 2.44. The zero-order valence-electron chi connectivity index (χ0n) is 21.7. The van der Waals surface area contributed by atoms with E-state index >= 15 is 0 Å². The van der Waals surface area contributed by atoms with Gasteiger partial charge in [0.2, 0.25) is 5.78 Å². The summed E-state index contributed by atoms with van der Waals surface area (Å²) in [6, 6.07) is 13.3. The van der Waals surface area contributed by atoms with E-state index in [1.165, 1.54) is 4.90 Å². The summed E-state index contributed by atoms with van der Waals surface area (Å²) in [6.45, 7) is 9.65. The second kappa shape index (κ2) is 12.7. The number of ketones is 1. The smallest absolute Gasteiger partial charge is 0.295 e. The van der Waals surface area contributed by atoms with Crippen molar-refractivity contribution in [1.82, 2.24) is 4.90 Å². The molecule has 4 rings (SSSR count). The van der Waals surface area contributed by atoms with Gasteiger partial charge in [-0.05, 0) is 48.7 Å². The number of hydrogen-bond donors (Lipinski definition) is 1. The molecule has 1 atom stereocenters. The number of rotatable bonds is 11. The Morgan fingerprint density at radius 1 is 1.00 bits per heavy atom. The van der Waals surface area contributed by atoms with Crippen molar-refractivity contribution in [2.45, 2.75) is 32.7 Å². The monoisotopic (exact) mass is 508 g/mol. The SMILES string of the molecule is CCCOc1ccc(C2/C(=C(\[O-])c3ccc(OCC)cc3)C(=O)C(=O)N2CCC[NH+]2CCOCC2)cc1. The number of benzene rings is 2. The molecule has 0 spiro atoms. The Morgan fingerprint density at radius 3 is 2.30 bits per heavy atom. The maximum Gasteiger partial charge on any atom is 0.295 e. The molecule has 1 unspecified atom stereocenters. The van der Waals surface area contributed by atoms with E-state index in [-0.39, 0.29) is 5.57 Å². The van der Waals surface area contributed by atoms with Crippen molar-refractivity contribution in [3.05, 3.63) is 65.2 Å². The predicted molar refractivity (Wildman–Crippen MR) is 137 cm³/mol. The van der Waals surface area contributed by atoms with Crippen LogP contribution in [0.2, 0.25) is 0 Å². The first-order valence-electron chi connectivity index (χ1n) is 13.2. The molecule has 2 aromatic carbocycles. The van der Waals surface area contributed by atoms with E-state index in [4.69, 9.17) is 14.2 Å². The molecule has 2 saturated heterocycles. The lowest BCUT2D eigenvalue weighted by atomic mass is 9.95. The summed E-state index contributed by atoms with van der Waals surface area (Å²) < 4.78 is 16.6. The Bertz CT molecular complexity index is 1090. The minimum atomic E-state index is -0.737. The molecule has 8 heteroatoms. The van der Waals surface area contributed by atoms with Crippen LogP contribution in [0.4, 0.5) is 0 Å². The van der Waals surface area contributed by atoms with E-state index < -0.39 is 23.5 Å². The fourth-order valence-corrected chi connectivity index (χ4v) is 4.85. The first kappa shape index (κ1) is 26.7. The van der Waals surface area contributed by atoms with Gasteiger partial charge in [-0.2, -0.15) is 0 Å². The topological polar surface area (TPSA) is 92.6 Å². The Hall–Kier alpha value is -3.36. The van der Waals surface area contributed by atoms with Gasteiger partial charge in [-0.3, -0.25) is 9.59 Å². The van der Waals surface area contributed by atoms with Crippen LogP contribution >= 0.6 is 0 Å². The van der Waals surface area contributed by atoms with E-state index in [0.29, 0.717) is 36.8 Å². The maximum absolute atomic E-state index is 13.6. The summed E-state index contributed by atoms with van der Waals surface area (Å²) in [5, 5.41) is 13.6. The fourth-order valence-electron chi connectivity index (χ4n) is 4.85. The van der Waals surface area contributed by atoms with Crippen molar-refractivity contribution >= 4 is 17.4 Å². The van der Waals surface area contributed by atoms with Crippen molar-refractivity contribution < 1.29 is 33.8 Å². The van der Waals surface area contributed by atoms with E-state index in [1.807, 2.05) is 38.1 Å². The summed E-state index contributed by atoms with van der Waals surface area (Å²) in [6.07, 6.45) is 1.62. The van der Waals surface area contributed by atoms with Crippen molar-refractivity contribution in [2.75, 3.05) is 52.6 Å². The van der Waals surface area contributed by atoms with Crippen LogP contribution in [0, 0.1) is 0 Å². The Kier molecular flexibility index (Phi) is 9.19. The Morgan fingerprint density at radius 2 is 1.65 bits per heavy atom. The molecular weight excluding hydrogens is 472 g/mol. The van der Waals surface area contributed by atoms with E-state index in [2.05, 4.69) is 0 Å². The average molecular weight is 509 g/mol. The molecule has 2 fully saturated rings. The van der Waals surface area contributed by atoms with Gasteiger partial charge in [0.1, 0.15) is 24.6 Å². The van der Waals surface area contributed by atoms with E-state index in [9.17, 15) is 14.7 Å². The molecule has 2 aliphatic rings. The molecule has 0 aromatic heterocycles. The summed E-state index contributed by atoms with van der Waals surface area (Å²) in [7, 11) is 0. The quantitative estimate of drug-likeness (QED) is 0.280. The second-order valence-corrected chi connectivity index (χ2v) is 9.31. The van der Waals surface area contributed by atoms with E-state index in [0.717, 1.165) is 51.3 Å². The third-order valence-electron chi connectivity index (χ3n) is 6.75. The minimum Gasteiger partial charge on any atom is -0.872 e. The van der Waals surface area contributed by atoms with Gasteiger partial charge in [-0.1, -0.05) is 36.9 Å². The lowest BCUT2D eigenvalue weighted by Gasteiger charge is -2.29. The number of quaternary nitrogens is 1. The van der Waals surface area contributed by atoms with Crippen LogP contribution in [0.3, 0.4) is 0 Å². The normalized spacial score (nSPS) is 19.8. The van der Waals surface area contributed by atoms with Crippen molar-refractivity contribution in [3.8, 4) is 11.5 Å². The molecule has 2 aromatic rings. The molecule has 1 amide bonds. The van der Waals surface area contributed by atoms with Gasteiger partial charge in [0.05, 0.1) is 39.0 Å². The number of amides is 1. The van der Waals surface area contributed by atoms with Gasteiger partial charge in [0, 0.05) is 18.5 Å². The van der Waals surface area contributed by atoms with Crippen LogP contribution in [-0.2, 0) is 14.3 Å². The van der Waals surface area contributed by atoms with Crippen LogP contribution in [0.1, 0.15) is 43.9 Å². The summed E-state index contributed by atoms with van der Waals surface area (Å²) >= 11 is 0. The number of nitrogens with one attached hydrogen (secondary N) is 1. The van der Waals surface area contributed by atoms with Crippen LogP contribution in [0.25, 0.3) is 5.76 Å². The number of carbonyl (C=O) groups is 2. The predicted octanol–water partition coefficient (Wildman–Crippen LogP) is 1.40. The van der Waals surface area contributed by atoms with Gasteiger partial charge < -0.3 is 29.1 Å². The number of carbonyl (C=O) groups excluding carboxylic acids is 2. The Balaban J connectivity index is 1.64. The lowest BCUT2D eigenvalue weighted by Crippen LogP contribution is -3.14. The standard InChI is InChI=1S/C29H36N2O6/c1-3-18-37-24-10-6-21(7-11-24)26-25(27(32)22-8-12-23(13-9-22)36-4-2)28(33)29(34)31(26)15-5-14-30-16-19-35-20-17-30/h6-13,26,32H,3-5,14-20H2,1-2H3/b27-25+. The molecule has 0 radical (unpaired) electrons. The molecule has 37 heavy (non-hydrogen) atoms. The third-order valence-corrected chi connectivity index (χ3v) is 6.75. The summed E-state index contributed by atoms with van der Waals surface area (Å²) in [5.41, 5.74) is 1.07. The number of nitrogens with zero attached hydrogens (tertiary/aromatic N) is 1. The number of Topliss-reactive ketones (excluding diaryl/α,β-unsaturated/α-hetero) is 1. The highest BCUT2D eigenvalue weighted by atomic mass is 16.5. The molecule has 2 aliphatic heterocycles. The zero-order valence-corrected chi connectivity index (χ0v) is 21.7. The highest BCUT2D eigenvalue weighted by molar-refractivity contribution is 6.46. The lowest BCUT2D eigenvalue weighted by molar-refractivity contribution is -0.908. The molecule has 198 valence electrons. The highest BCUT2D eigenvalue weighted by Crippen LogP contribution is 2.39. The largest absolute Gasteiger partial charge is 0.872 e. The van der Waals surface area contributed by atoms with Crippen LogP contribution in [0.15, 0.2) is 54.1 Å². The summed E-state index contributed by atoms with van der Waals surface area (Å²) in [4.78, 5) is 29.4. The van der Waals surface area contributed by atoms with E-state index in [1.54, 1.807) is 29.2 Å². The van der Waals surface area contributed by atoms with Crippen LogP contribution < -0.4 is 19.5 Å². The molecule has 2 heterocycles. The molecule has 0 aliphatic carbocycles. The van der Waals surface area contributed by atoms with Gasteiger partial charge in [-0.15, -0.1) is 0 Å². The van der Waals surface area contributed by atoms with Gasteiger partial charge in [0.25, 0.3) is 5.91 Å². The second-order valence-electron chi connectivity index (χ2n) is 9.31. The van der Waals surface area contributed by atoms with Crippen LogP contribution in [-0.4, -0.2) is 69.2 Å². The number of likely N-dealkylation sites (tertiary alicyclic amines) is 1. The van der Waals surface area contributed by atoms with Gasteiger partial charge >= 0.3 is 0 Å². The average Bonchev–Trinajstić information content (AvgIpc) is 3.18. The van der Waals surface area contributed by atoms with Crippen LogP contribution in [0.5, 0.6) is 11.5 Å². The molecular formula is C29H36N2O6. The first-order chi connectivity index (χ1) is 18.0. The zero-order chi connectivity index (χ0) is 26.2. The van der Waals surface area contributed by atoms with Gasteiger partial charge in [0.15, 0.2) is 0 Å². The fraction of sp³-hybridized carbons (Fsp3) is 0.448. The number of morpholine rings is 1. The molecule has 1 N–H and O–H groups in total. The van der Waals surface area contributed by atoms with Crippen molar-refractivity contribution in [3.63, 3.8) is 0 Å². The number of hydrogen-bond acceptors (Lipinski definition) is 6. The van der Waals surface area contributed by atoms with Gasteiger partial charge in [-0.25, -0.2) is 0 Å². The minimum absolute atomic E-state index is 0.00453. The Labute approximate surface area is 218 Å². The third kappa shape index (κ3) is 6.32. The first-order valence-corrected chi connectivity index (χ1v) is 13.2. The molecule has 0 saturated carbocycles.